The van der Waals surface area contributed by atoms with Crippen molar-refractivity contribution < 1.29 is 38.3 Å². The zero-order valence-corrected chi connectivity index (χ0v) is 60.8. The first-order valence-electron chi connectivity index (χ1n) is 36.2. The minimum atomic E-state index is -0.947. The van der Waals surface area contributed by atoms with Gasteiger partial charge in [0.25, 0.3) is 5.91 Å². The predicted octanol–water partition coefficient (Wildman–Crippen LogP) is 10.4. The first kappa shape index (κ1) is 70.8. The van der Waals surface area contributed by atoms with E-state index in [0.29, 0.717) is 91.8 Å². The van der Waals surface area contributed by atoms with E-state index in [2.05, 4.69) is 58.0 Å². The van der Waals surface area contributed by atoms with E-state index in [1.807, 2.05) is 138 Å². The number of carbonyl (C=O) groups excluding carboxylic acids is 6. The van der Waals surface area contributed by atoms with Crippen LogP contribution in [0.4, 0.5) is 27.3 Å². The Morgan fingerprint density at radius 1 is 0.772 bits per heavy atom. The second kappa shape index (κ2) is 29.0. The first-order chi connectivity index (χ1) is 48.3. The van der Waals surface area contributed by atoms with Crippen LogP contribution in [0.3, 0.4) is 0 Å². The average Bonchev–Trinajstić information content (AvgIpc) is 1.56. The Morgan fingerprint density at radius 2 is 1.48 bits per heavy atom. The summed E-state index contributed by atoms with van der Waals surface area (Å²) in [6.07, 6.45) is 7.59. The number of rotatable bonds is 19. The third-order valence-corrected chi connectivity index (χ3v) is 22.8. The molecule has 0 radical (unpaired) electrons. The summed E-state index contributed by atoms with van der Waals surface area (Å²) in [6, 6.07) is 25.3. The van der Waals surface area contributed by atoms with Gasteiger partial charge in [-0.05, 0) is 170 Å². The number of fused-ring (bicyclic) bond motifs is 3. The number of β-amino-alcohol motifs (C(OH)–C–C–N with tert-alkyl or cyclic N) is 1. The molecule has 6 aliphatic rings. The van der Waals surface area contributed by atoms with E-state index in [-0.39, 0.29) is 85.3 Å². The SMILES string of the molecule is Cc1cc(F)c(Nc2nc(-c3ccc4c(c3)N(C3CC(N5CCCCC5)C3)C(=O)C43CCN(C(=O)Cc4ccc(N5CCN(CC(=O)N[C@H](C(=O)N6C[C@H](O)C[C@H]6C(=O)N[C@@H](C)c6ccc(-c7scnc7C)cc6)C(C)(C)C)CC5)cc4)CC3)cc3ncn(C(C)C)c23)cc1C(=O)NC(C)C. The molecule has 4 saturated heterocycles. The molecule has 23 heteroatoms. The fourth-order valence-electron chi connectivity index (χ4n) is 16.0. The summed E-state index contributed by atoms with van der Waals surface area (Å²) in [6.45, 7) is 24.7. The molecular weight excluding hydrogens is 1300 g/mol. The van der Waals surface area contributed by atoms with Crippen LogP contribution in [-0.4, -0.2) is 181 Å². The van der Waals surface area contributed by atoms with Gasteiger partial charge in [-0.3, -0.25) is 33.7 Å². The number of pyridine rings is 1. The summed E-state index contributed by atoms with van der Waals surface area (Å²) in [7, 11) is 0. The number of aromatic nitrogens is 4. The van der Waals surface area contributed by atoms with Gasteiger partial charge in [0.2, 0.25) is 29.5 Å². The van der Waals surface area contributed by atoms with Gasteiger partial charge in [-0.25, -0.2) is 19.3 Å². The number of hydrogen-bond donors (Lipinski definition) is 5. The largest absolute Gasteiger partial charge is 0.391 e. The van der Waals surface area contributed by atoms with E-state index < -0.39 is 40.7 Å². The Hall–Kier alpha value is -8.64. The number of amides is 6. The molecule has 21 nitrogen and oxygen atoms in total. The van der Waals surface area contributed by atoms with Gasteiger partial charge in [0, 0.05) is 98.9 Å². The van der Waals surface area contributed by atoms with Crippen LogP contribution in [0.15, 0.2) is 96.8 Å². The molecule has 4 aromatic carbocycles. The van der Waals surface area contributed by atoms with Gasteiger partial charge < -0.3 is 55.4 Å². The average molecular weight is 1390 g/mol. The Kier molecular flexibility index (Phi) is 20.3. The van der Waals surface area contributed by atoms with Crippen LogP contribution in [0, 0.1) is 25.1 Å². The van der Waals surface area contributed by atoms with Crippen LogP contribution in [0.5, 0.6) is 0 Å². The maximum Gasteiger partial charge on any atom is 0.251 e. The summed E-state index contributed by atoms with van der Waals surface area (Å²) >= 11 is 1.58. The Labute approximate surface area is 595 Å². The number of thiazole rings is 1. The third kappa shape index (κ3) is 14.6. The molecule has 1 aliphatic carbocycles. The van der Waals surface area contributed by atoms with Crippen LogP contribution < -0.4 is 31.1 Å². The summed E-state index contributed by atoms with van der Waals surface area (Å²) in [4.78, 5) is 113. The standard InChI is InChI=1S/C78H97FN14O7S/c1-46(2)82-73(97)59-40-63(61(79)34-48(59)5)85-72-69-64(80-44-92(69)47(3)4)41-62(84-72)54-20-23-60-65(36-54)93(57-37-56(38-57)88-26-12-11-13-27-88)76(100)78(60)24-28-90(29-25-78)68(96)35-51-14-21-55(22-15-51)89-32-30-87(31-33-89)43-67(95)86-71(77(8,9)10)75(99)91-42-58(94)39-66(91)74(98)83-49(6)52-16-18-53(19-17-52)70-50(7)81-45-101-70/h14-23,34,36,40-41,44-47,49,56-58,66,71,94H,11-13,24-33,35,37-39,42-43H2,1-10H3,(H,82,97)(H,83,98)(H,84,85)(H,86,95)/t49-,56?,57?,58+,66-,71+/m0/s1. The molecule has 5 fully saturated rings. The molecule has 4 atom stereocenters. The van der Waals surface area contributed by atoms with Gasteiger partial charge in [-0.1, -0.05) is 75.7 Å². The van der Waals surface area contributed by atoms with Gasteiger partial charge in [-0.15, -0.1) is 11.3 Å². The molecule has 3 aromatic heterocycles. The maximum absolute atomic E-state index is 16.0. The zero-order valence-electron chi connectivity index (χ0n) is 59.9. The van der Waals surface area contributed by atoms with Crippen LogP contribution in [0.25, 0.3) is 32.7 Å². The number of carbonyl (C=O) groups is 6. The fourth-order valence-corrected chi connectivity index (χ4v) is 16.8. The summed E-state index contributed by atoms with van der Waals surface area (Å²) < 4.78 is 18.0. The number of hydrogen-bond acceptors (Lipinski definition) is 15. The Bertz CT molecular complexity index is 4250. The highest BCUT2D eigenvalue weighted by Crippen LogP contribution is 2.52. The van der Waals surface area contributed by atoms with Gasteiger partial charge >= 0.3 is 0 Å². The summed E-state index contributed by atoms with van der Waals surface area (Å²) in [5.74, 6) is -1.40. The predicted molar refractivity (Wildman–Crippen MR) is 393 cm³/mol. The highest BCUT2D eigenvalue weighted by molar-refractivity contribution is 7.13. The van der Waals surface area contributed by atoms with Crippen molar-refractivity contribution in [1.29, 1.82) is 0 Å². The number of benzene rings is 4. The zero-order chi connectivity index (χ0) is 71.3. The number of piperidine rings is 2. The van der Waals surface area contributed by atoms with Crippen molar-refractivity contribution in [3.8, 4) is 21.7 Å². The van der Waals surface area contributed by atoms with Gasteiger partial charge in [0.1, 0.15) is 23.4 Å². The minimum absolute atomic E-state index is 0.00248. The molecule has 534 valence electrons. The number of piperazine rings is 1. The smallest absolute Gasteiger partial charge is 0.251 e. The highest BCUT2D eigenvalue weighted by atomic mass is 32.1. The summed E-state index contributed by atoms with van der Waals surface area (Å²) in [5, 5.41) is 23.2. The highest BCUT2D eigenvalue weighted by Gasteiger charge is 2.56. The van der Waals surface area contributed by atoms with Crippen molar-refractivity contribution in [2.45, 2.75) is 181 Å². The maximum atomic E-state index is 16.0. The lowest BCUT2D eigenvalue weighted by Gasteiger charge is -2.48. The molecule has 6 amide bonds. The Morgan fingerprint density at radius 3 is 2.14 bits per heavy atom. The number of nitrogens with zero attached hydrogens (tertiary/aromatic N) is 10. The number of nitrogens with one attached hydrogen (secondary N) is 4. The van der Waals surface area contributed by atoms with Crippen molar-refractivity contribution in [2.75, 3.05) is 80.6 Å². The molecule has 101 heavy (non-hydrogen) atoms. The van der Waals surface area contributed by atoms with E-state index in [0.717, 1.165) is 75.7 Å². The molecule has 1 saturated carbocycles. The van der Waals surface area contributed by atoms with Crippen LogP contribution in [0.2, 0.25) is 0 Å². The van der Waals surface area contributed by atoms with E-state index in [9.17, 15) is 29.1 Å². The quantitative estimate of drug-likeness (QED) is 0.0507. The lowest BCUT2D eigenvalue weighted by molar-refractivity contribution is -0.144. The fraction of sp³-hybridized carbons (Fsp3) is 0.500. The number of aliphatic hydroxyl groups is 1. The van der Waals surface area contributed by atoms with Gasteiger partial charge in [0.05, 0.1) is 69.8 Å². The number of anilines is 4. The molecular formula is C78H97FN14O7S. The second-order valence-corrected chi connectivity index (χ2v) is 31.5. The molecule has 5 N–H and O–H groups in total. The topological polar surface area (TPSA) is 234 Å². The van der Waals surface area contributed by atoms with E-state index >= 15 is 9.18 Å². The van der Waals surface area contributed by atoms with Crippen LogP contribution >= 0.6 is 11.3 Å². The molecule has 7 aromatic rings. The molecule has 5 aliphatic heterocycles. The lowest BCUT2D eigenvalue weighted by atomic mass is 9.73. The Balaban J connectivity index is 0.636. The number of likely N-dealkylation sites (tertiary alicyclic amines) is 3. The van der Waals surface area contributed by atoms with Gasteiger partial charge in [0.15, 0.2) is 5.82 Å². The normalized spacial score (nSPS) is 20.9. The number of aliphatic hydroxyl groups excluding tert-OH is 1. The third-order valence-electron chi connectivity index (χ3n) is 21.8. The molecule has 1 spiro atoms. The number of aryl methyl sites for hydroxylation is 2. The van der Waals surface area contributed by atoms with Crippen molar-refractivity contribution in [1.82, 2.24) is 55.1 Å². The first-order valence-corrected chi connectivity index (χ1v) is 37.1. The number of imidazole rings is 1. The van der Waals surface area contributed by atoms with E-state index in [1.54, 1.807) is 24.6 Å². The molecule has 0 unspecified atom stereocenters. The van der Waals surface area contributed by atoms with E-state index in [1.165, 1.54) is 36.3 Å². The van der Waals surface area contributed by atoms with Crippen molar-refractivity contribution in [2.24, 2.45) is 5.41 Å². The minimum Gasteiger partial charge on any atom is -0.391 e. The molecule has 8 heterocycles. The second-order valence-electron chi connectivity index (χ2n) is 30.6. The molecule has 0 bridgehead atoms. The van der Waals surface area contributed by atoms with Crippen LogP contribution in [-0.2, 0) is 35.8 Å². The van der Waals surface area contributed by atoms with Crippen molar-refractivity contribution in [3.63, 3.8) is 0 Å². The summed E-state index contributed by atoms with van der Waals surface area (Å²) in [5.41, 5.74) is 10.7. The van der Waals surface area contributed by atoms with Crippen LogP contribution in [0.1, 0.15) is 157 Å². The van der Waals surface area contributed by atoms with Gasteiger partial charge in [-0.2, -0.15) is 0 Å². The van der Waals surface area contributed by atoms with Crippen molar-refractivity contribution in [3.05, 3.63) is 136 Å². The van der Waals surface area contributed by atoms with Crippen molar-refractivity contribution >= 4 is 80.7 Å². The number of halogens is 1. The molecule has 13 rings (SSSR count). The van der Waals surface area contributed by atoms with E-state index in [4.69, 9.17) is 9.97 Å². The monoisotopic (exact) mass is 1390 g/mol. The lowest BCUT2D eigenvalue weighted by Crippen LogP contribution is -2.59.